The first-order valence-electron chi connectivity index (χ1n) is 8.61. The number of nitrogens with one attached hydrogen (secondary N) is 2. The molecule has 0 unspecified atom stereocenters. The van der Waals surface area contributed by atoms with Crippen LogP contribution in [0.4, 0.5) is 0 Å². The summed E-state index contributed by atoms with van der Waals surface area (Å²) in [4.78, 5) is 17.5. The van der Waals surface area contributed by atoms with Gasteiger partial charge in [0.25, 0.3) is 0 Å². The number of benzene rings is 1. The Hall–Kier alpha value is -2.28. The van der Waals surface area contributed by atoms with Crippen molar-refractivity contribution in [1.29, 1.82) is 0 Å². The van der Waals surface area contributed by atoms with E-state index in [4.69, 9.17) is 9.47 Å². The van der Waals surface area contributed by atoms with Crippen molar-refractivity contribution in [2.24, 2.45) is 4.99 Å². The van der Waals surface area contributed by atoms with Crippen LogP contribution in [-0.2, 0) is 9.53 Å². The topological polar surface area (TPSA) is 75.2 Å². The summed E-state index contributed by atoms with van der Waals surface area (Å²) in [5, 5.41) is 6.38. The van der Waals surface area contributed by atoms with Crippen molar-refractivity contribution in [2.75, 3.05) is 53.6 Å². The van der Waals surface area contributed by atoms with Crippen molar-refractivity contribution in [3.63, 3.8) is 0 Å². The smallest absolute Gasteiger partial charge is 0.243 e. The lowest BCUT2D eigenvalue weighted by atomic mass is 10.3. The zero-order valence-corrected chi connectivity index (χ0v) is 15.5. The van der Waals surface area contributed by atoms with Gasteiger partial charge in [0.15, 0.2) is 5.96 Å². The SMILES string of the molecule is CCOCCCNC(=NCC(=O)N(C)C)NCCOc1ccccc1. The highest BCUT2D eigenvalue weighted by Gasteiger charge is 2.04. The summed E-state index contributed by atoms with van der Waals surface area (Å²) >= 11 is 0. The molecule has 0 atom stereocenters. The number of ether oxygens (including phenoxy) is 2. The highest BCUT2D eigenvalue weighted by molar-refractivity contribution is 5.84. The molecule has 0 spiro atoms. The van der Waals surface area contributed by atoms with Gasteiger partial charge in [-0.3, -0.25) is 4.79 Å². The number of likely N-dealkylation sites (N-methyl/N-ethyl adjacent to an activating group) is 1. The fourth-order valence-corrected chi connectivity index (χ4v) is 1.84. The molecule has 0 saturated heterocycles. The average molecular weight is 350 g/mol. The highest BCUT2D eigenvalue weighted by atomic mass is 16.5. The molecule has 0 aliphatic heterocycles. The van der Waals surface area contributed by atoms with E-state index in [1.807, 2.05) is 37.3 Å². The van der Waals surface area contributed by atoms with Crippen LogP contribution in [-0.4, -0.2) is 70.3 Å². The predicted molar refractivity (Wildman–Crippen MR) is 100 cm³/mol. The number of carbonyl (C=O) groups is 1. The number of guanidine groups is 1. The van der Waals surface area contributed by atoms with E-state index in [1.54, 1.807) is 14.1 Å². The third-order valence-corrected chi connectivity index (χ3v) is 3.24. The van der Waals surface area contributed by atoms with E-state index in [2.05, 4.69) is 15.6 Å². The summed E-state index contributed by atoms with van der Waals surface area (Å²) in [6, 6.07) is 9.64. The maximum absolute atomic E-state index is 11.7. The Balaban J connectivity index is 2.37. The van der Waals surface area contributed by atoms with E-state index in [9.17, 15) is 4.79 Å². The third-order valence-electron chi connectivity index (χ3n) is 3.24. The Morgan fingerprint density at radius 3 is 2.52 bits per heavy atom. The minimum Gasteiger partial charge on any atom is -0.492 e. The average Bonchev–Trinajstić information content (AvgIpc) is 2.62. The van der Waals surface area contributed by atoms with Crippen molar-refractivity contribution in [3.05, 3.63) is 30.3 Å². The van der Waals surface area contributed by atoms with Crippen LogP contribution in [0.3, 0.4) is 0 Å². The van der Waals surface area contributed by atoms with Gasteiger partial charge >= 0.3 is 0 Å². The number of nitrogens with zero attached hydrogens (tertiary/aromatic N) is 2. The monoisotopic (exact) mass is 350 g/mol. The zero-order valence-electron chi connectivity index (χ0n) is 15.5. The zero-order chi connectivity index (χ0) is 18.3. The summed E-state index contributed by atoms with van der Waals surface area (Å²) in [5.41, 5.74) is 0. The van der Waals surface area contributed by atoms with Gasteiger partial charge in [0.2, 0.25) is 5.91 Å². The second kappa shape index (κ2) is 13.1. The number of rotatable bonds is 11. The summed E-state index contributed by atoms with van der Waals surface area (Å²) in [5.74, 6) is 1.38. The Morgan fingerprint density at radius 2 is 1.84 bits per heavy atom. The van der Waals surface area contributed by atoms with Crippen LogP contribution in [0.5, 0.6) is 5.75 Å². The van der Waals surface area contributed by atoms with Crippen molar-refractivity contribution in [1.82, 2.24) is 15.5 Å². The van der Waals surface area contributed by atoms with Crippen LogP contribution in [0.1, 0.15) is 13.3 Å². The van der Waals surface area contributed by atoms with Gasteiger partial charge in [-0.1, -0.05) is 18.2 Å². The molecule has 1 aromatic carbocycles. The number of amides is 1. The largest absolute Gasteiger partial charge is 0.492 e. The minimum absolute atomic E-state index is 0.0454. The van der Waals surface area contributed by atoms with Crippen LogP contribution in [0.2, 0.25) is 0 Å². The first-order valence-corrected chi connectivity index (χ1v) is 8.61. The number of hydrogen-bond donors (Lipinski definition) is 2. The molecule has 1 aromatic rings. The van der Waals surface area contributed by atoms with E-state index in [0.29, 0.717) is 32.3 Å². The molecule has 1 rings (SSSR count). The molecule has 0 radical (unpaired) electrons. The Bertz CT molecular complexity index is 506. The van der Waals surface area contributed by atoms with Crippen LogP contribution in [0, 0.1) is 0 Å². The van der Waals surface area contributed by atoms with Crippen LogP contribution < -0.4 is 15.4 Å². The normalized spacial score (nSPS) is 11.1. The molecular weight excluding hydrogens is 320 g/mol. The Kier molecular flexibility index (Phi) is 10.8. The summed E-state index contributed by atoms with van der Waals surface area (Å²) in [7, 11) is 3.43. The molecule has 0 heterocycles. The number of carbonyl (C=O) groups excluding carboxylic acids is 1. The third kappa shape index (κ3) is 10.2. The summed E-state index contributed by atoms with van der Waals surface area (Å²) in [6.45, 7) is 5.31. The summed E-state index contributed by atoms with van der Waals surface area (Å²) < 4.78 is 10.9. The lowest BCUT2D eigenvalue weighted by Gasteiger charge is -2.14. The molecule has 140 valence electrons. The van der Waals surface area contributed by atoms with Gasteiger partial charge in [-0.05, 0) is 25.5 Å². The standard InChI is InChI=1S/C18H30N4O3/c1-4-24-13-8-11-19-18(21-15-17(23)22(2)3)20-12-14-25-16-9-6-5-7-10-16/h5-7,9-10H,4,8,11-15H2,1-3H3,(H2,19,20,21). The summed E-state index contributed by atoms with van der Waals surface area (Å²) in [6.07, 6.45) is 0.872. The van der Waals surface area contributed by atoms with Gasteiger partial charge < -0.3 is 25.0 Å². The van der Waals surface area contributed by atoms with Gasteiger partial charge in [-0.25, -0.2) is 4.99 Å². The second-order valence-electron chi connectivity index (χ2n) is 5.52. The van der Waals surface area contributed by atoms with Crippen molar-refractivity contribution in [3.8, 4) is 5.75 Å². The first kappa shape index (κ1) is 20.8. The van der Waals surface area contributed by atoms with E-state index in [0.717, 1.165) is 18.7 Å². The number of aliphatic imine (C=N–C) groups is 1. The number of hydrogen-bond acceptors (Lipinski definition) is 4. The molecular formula is C18H30N4O3. The molecule has 2 N–H and O–H groups in total. The van der Waals surface area contributed by atoms with E-state index in [-0.39, 0.29) is 12.5 Å². The van der Waals surface area contributed by atoms with Crippen LogP contribution in [0.25, 0.3) is 0 Å². The maximum Gasteiger partial charge on any atom is 0.243 e. The lowest BCUT2D eigenvalue weighted by molar-refractivity contribution is -0.127. The first-order chi connectivity index (χ1) is 12.1. The van der Waals surface area contributed by atoms with E-state index < -0.39 is 0 Å². The molecule has 0 aliphatic rings. The van der Waals surface area contributed by atoms with Crippen molar-refractivity contribution >= 4 is 11.9 Å². The Labute approximate surface area is 150 Å². The van der Waals surface area contributed by atoms with Gasteiger partial charge in [-0.2, -0.15) is 0 Å². The fraction of sp³-hybridized carbons (Fsp3) is 0.556. The molecule has 0 saturated carbocycles. The number of para-hydroxylation sites is 1. The van der Waals surface area contributed by atoms with E-state index >= 15 is 0 Å². The minimum atomic E-state index is -0.0454. The Morgan fingerprint density at radius 1 is 1.12 bits per heavy atom. The predicted octanol–water partition coefficient (Wildman–Crippen LogP) is 1.12. The molecule has 25 heavy (non-hydrogen) atoms. The maximum atomic E-state index is 11.7. The quantitative estimate of drug-likeness (QED) is 0.355. The van der Waals surface area contributed by atoms with Gasteiger partial charge in [-0.15, -0.1) is 0 Å². The van der Waals surface area contributed by atoms with Crippen molar-refractivity contribution < 1.29 is 14.3 Å². The van der Waals surface area contributed by atoms with Gasteiger partial charge in [0.1, 0.15) is 18.9 Å². The molecule has 7 heteroatoms. The molecule has 0 aromatic heterocycles. The second-order valence-corrected chi connectivity index (χ2v) is 5.52. The van der Waals surface area contributed by atoms with Gasteiger partial charge in [0.05, 0.1) is 6.54 Å². The van der Waals surface area contributed by atoms with E-state index in [1.165, 1.54) is 4.90 Å². The molecule has 0 fully saturated rings. The molecule has 1 amide bonds. The fourth-order valence-electron chi connectivity index (χ4n) is 1.84. The molecule has 7 nitrogen and oxygen atoms in total. The van der Waals surface area contributed by atoms with Crippen molar-refractivity contribution in [2.45, 2.75) is 13.3 Å². The molecule has 0 aliphatic carbocycles. The van der Waals surface area contributed by atoms with Gasteiger partial charge in [0, 0.05) is 33.9 Å². The molecule has 0 bridgehead atoms. The highest BCUT2D eigenvalue weighted by Crippen LogP contribution is 2.07. The van der Waals surface area contributed by atoms with Crippen LogP contribution >= 0.6 is 0 Å². The lowest BCUT2D eigenvalue weighted by Crippen LogP contribution is -2.41. The van der Waals surface area contributed by atoms with Crippen LogP contribution in [0.15, 0.2) is 35.3 Å².